The van der Waals surface area contributed by atoms with E-state index in [0.29, 0.717) is 47.2 Å². The predicted molar refractivity (Wildman–Crippen MR) is 196 cm³/mol. The van der Waals surface area contributed by atoms with Gasteiger partial charge in [-0.2, -0.15) is 0 Å². The van der Waals surface area contributed by atoms with E-state index in [0.717, 1.165) is 91.1 Å². The van der Waals surface area contributed by atoms with Gasteiger partial charge in [-0.3, -0.25) is 19.3 Å². The maximum Gasteiger partial charge on any atom is 0.311 e. The number of carbonyl (C=O) groups is 3. The Hall–Kier alpha value is -4.52. The number of benzene rings is 2. The highest BCUT2D eigenvalue weighted by Crippen LogP contribution is 2.40. The minimum Gasteiger partial charge on any atom is -0.469 e. The molecule has 1 aliphatic carbocycles. The van der Waals surface area contributed by atoms with Crippen molar-refractivity contribution in [1.29, 1.82) is 0 Å². The Morgan fingerprint density at radius 2 is 1.51 bits per heavy atom. The van der Waals surface area contributed by atoms with Gasteiger partial charge in [0.2, 0.25) is 0 Å². The molecule has 4 heterocycles. The monoisotopic (exact) mass is 712 g/mol. The number of aromatic nitrogens is 4. The number of anilines is 2. The minimum atomic E-state index is -0.420. The molecule has 3 aliphatic rings. The van der Waals surface area contributed by atoms with Crippen molar-refractivity contribution < 1.29 is 19.1 Å². The number of hydrogen-bond donors (Lipinski definition) is 3. The normalized spacial score (nSPS) is 20.3. The Labute approximate surface area is 302 Å². The molecule has 1 saturated carbocycles. The number of rotatable bonds is 7. The third kappa shape index (κ3) is 6.45. The van der Waals surface area contributed by atoms with Gasteiger partial charge in [0.05, 0.1) is 34.6 Å². The van der Waals surface area contributed by atoms with Crippen molar-refractivity contribution in [2.45, 2.75) is 71.5 Å². The molecular formula is C38H45ClN8O4. The predicted octanol–water partition coefficient (Wildman–Crippen LogP) is 5.41. The number of carbonyl (C=O) groups excluding carboxylic acids is 3. The first kappa shape index (κ1) is 34.9. The molecule has 4 aromatic rings. The van der Waals surface area contributed by atoms with Crippen molar-refractivity contribution in [3.05, 3.63) is 81.4 Å². The van der Waals surface area contributed by atoms with E-state index in [1.807, 2.05) is 67.4 Å². The number of nitrogens with one attached hydrogen (secondary N) is 3. The number of esters is 1. The van der Waals surface area contributed by atoms with Crippen molar-refractivity contribution in [2.24, 2.45) is 19.5 Å². The van der Waals surface area contributed by atoms with Crippen molar-refractivity contribution in [3.63, 3.8) is 0 Å². The average molecular weight is 713 g/mol. The average Bonchev–Trinajstić information content (AvgIpc) is 3.66. The Kier molecular flexibility index (Phi) is 9.51. The van der Waals surface area contributed by atoms with Gasteiger partial charge in [-0.25, -0.2) is 9.97 Å². The number of amides is 2. The second-order valence-electron chi connectivity index (χ2n) is 14.3. The van der Waals surface area contributed by atoms with Gasteiger partial charge in [0.15, 0.2) is 11.6 Å². The van der Waals surface area contributed by atoms with Crippen molar-refractivity contribution in [2.75, 3.05) is 30.8 Å². The Bertz CT molecular complexity index is 2030. The van der Waals surface area contributed by atoms with Crippen LogP contribution in [0.1, 0.15) is 82.2 Å². The van der Waals surface area contributed by atoms with Crippen LogP contribution in [0.25, 0.3) is 11.1 Å². The molecule has 13 heteroatoms. The summed E-state index contributed by atoms with van der Waals surface area (Å²) in [6, 6.07) is 11.6. The first-order valence-electron chi connectivity index (χ1n) is 17.6. The standard InChI is InChI=1S/C38H45ClN8O4/c1-22-24(8-6-10-26(22)43-35(48)33-41-28-20-40-18-14-30(28)45(33)3)25-9-7-11-27(32(25)39)44-36(49)34-42-29-21-47(19-15-31(29)46(34)4)23-12-16-38(2,17-13-23)37(50)51-5/h6-11,23,40H,12-21H2,1-5H3,(H,43,48)(H,44,49). The molecule has 0 bridgehead atoms. The van der Waals surface area contributed by atoms with Crippen LogP contribution < -0.4 is 16.0 Å². The molecule has 0 saturated heterocycles. The third-order valence-electron chi connectivity index (χ3n) is 11.2. The van der Waals surface area contributed by atoms with Crippen LogP contribution in [0.2, 0.25) is 5.02 Å². The van der Waals surface area contributed by atoms with E-state index in [1.54, 1.807) is 6.07 Å². The lowest BCUT2D eigenvalue weighted by atomic mass is 9.73. The largest absolute Gasteiger partial charge is 0.469 e. The fourth-order valence-corrected chi connectivity index (χ4v) is 8.31. The zero-order valence-electron chi connectivity index (χ0n) is 29.9. The molecule has 2 aromatic carbocycles. The number of fused-ring (bicyclic) bond motifs is 2. The lowest BCUT2D eigenvalue weighted by molar-refractivity contribution is -0.154. The summed E-state index contributed by atoms with van der Waals surface area (Å²) in [4.78, 5) is 51.3. The maximum atomic E-state index is 13.7. The zero-order valence-corrected chi connectivity index (χ0v) is 30.6. The van der Waals surface area contributed by atoms with Gasteiger partial charge >= 0.3 is 5.97 Å². The number of ether oxygens (including phenoxy) is 1. The lowest BCUT2D eigenvalue weighted by Crippen LogP contribution is -2.45. The van der Waals surface area contributed by atoms with Crippen LogP contribution in [-0.4, -0.2) is 68.0 Å². The third-order valence-corrected chi connectivity index (χ3v) is 11.6. The minimum absolute atomic E-state index is 0.127. The molecule has 0 spiro atoms. The van der Waals surface area contributed by atoms with E-state index < -0.39 is 5.41 Å². The van der Waals surface area contributed by atoms with Gasteiger partial charge in [0.25, 0.3) is 11.8 Å². The molecular weight excluding hydrogens is 668 g/mol. The molecule has 1 fully saturated rings. The van der Waals surface area contributed by atoms with Gasteiger partial charge in [-0.1, -0.05) is 35.9 Å². The first-order chi connectivity index (χ1) is 24.5. The Morgan fingerprint density at radius 1 is 0.902 bits per heavy atom. The van der Waals surface area contributed by atoms with E-state index in [-0.39, 0.29) is 17.8 Å². The van der Waals surface area contributed by atoms with Gasteiger partial charge in [0, 0.05) is 81.8 Å². The van der Waals surface area contributed by atoms with Crippen molar-refractivity contribution in [3.8, 4) is 11.1 Å². The number of imidazole rings is 2. The van der Waals surface area contributed by atoms with Gasteiger partial charge in [-0.15, -0.1) is 0 Å². The van der Waals surface area contributed by atoms with Crippen LogP contribution in [-0.2, 0) is 49.6 Å². The number of halogens is 1. The molecule has 2 aromatic heterocycles. The van der Waals surface area contributed by atoms with E-state index in [1.165, 1.54) is 7.11 Å². The van der Waals surface area contributed by atoms with Crippen LogP contribution in [0.5, 0.6) is 0 Å². The highest BCUT2D eigenvalue weighted by Gasteiger charge is 2.41. The second kappa shape index (κ2) is 13.9. The quantitative estimate of drug-likeness (QED) is 0.217. The number of nitrogens with zero attached hydrogens (tertiary/aromatic N) is 5. The highest BCUT2D eigenvalue weighted by atomic mass is 35.5. The summed E-state index contributed by atoms with van der Waals surface area (Å²) in [6.45, 7) is 6.99. The number of methoxy groups -OCH3 is 1. The van der Waals surface area contributed by atoms with E-state index >= 15 is 0 Å². The van der Waals surface area contributed by atoms with E-state index in [2.05, 4.69) is 25.8 Å². The SMILES string of the molecule is COC(=O)C1(C)CCC(N2CCc3c(nc(C(=O)Nc4cccc(-c5cccc(NC(=O)c6nc7c(n6C)CCNC7)c5C)c4Cl)n3C)C2)CC1. The fourth-order valence-electron chi connectivity index (χ4n) is 8.03. The van der Waals surface area contributed by atoms with Crippen LogP contribution in [0.4, 0.5) is 11.4 Å². The Morgan fingerprint density at radius 3 is 2.18 bits per heavy atom. The van der Waals surface area contributed by atoms with Gasteiger partial charge in [-0.05, 0) is 62.8 Å². The van der Waals surface area contributed by atoms with Crippen molar-refractivity contribution in [1.82, 2.24) is 29.3 Å². The van der Waals surface area contributed by atoms with Gasteiger partial charge in [0.1, 0.15) is 0 Å². The summed E-state index contributed by atoms with van der Waals surface area (Å²) in [6.07, 6.45) is 5.06. The molecule has 0 radical (unpaired) electrons. The van der Waals surface area contributed by atoms with E-state index in [9.17, 15) is 14.4 Å². The number of hydrogen-bond acceptors (Lipinski definition) is 8. The highest BCUT2D eigenvalue weighted by molar-refractivity contribution is 6.36. The summed E-state index contributed by atoms with van der Waals surface area (Å²) in [5.41, 5.74) is 7.05. The molecule has 12 nitrogen and oxygen atoms in total. The molecule has 51 heavy (non-hydrogen) atoms. The molecule has 268 valence electrons. The molecule has 7 rings (SSSR count). The fraction of sp³-hybridized carbons (Fsp3) is 0.447. The van der Waals surface area contributed by atoms with Gasteiger partial charge < -0.3 is 29.8 Å². The summed E-state index contributed by atoms with van der Waals surface area (Å²) in [7, 11) is 5.23. The Balaban J connectivity index is 1.05. The smallest absolute Gasteiger partial charge is 0.311 e. The molecule has 0 atom stereocenters. The first-order valence-corrected chi connectivity index (χ1v) is 18.0. The lowest BCUT2D eigenvalue weighted by Gasteiger charge is -2.41. The van der Waals surface area contributed by atoms with Crippen LogP contribution >= 0.6 is 11.6 Å². The van der Waals surface area contributed by atoms with E-state index in [4.69, 9.17) is 21.3 Å². The summed E-state index contributed by atoms with van der Waals surface area (Å²) >= 11 is 6.99. The molecule has 0 unspecified atom stereocenters. The molecule has 2 aliphatic heterocycles. The zero-order chi connectivity index (χ0) is 36.0. The molecule has 2 amide bonds. The van der Waals surface area contributed by atoms with Crippen LogP contribution in [0.15, 0.2) is 36.4 Å². The van der Waals surface area contributed by atoms with Crippen molar-refractivity contribution >= 4 is 40.8 Å². The van der Waals surface area contributed by atoms with Crippen LogP contribution in [0.3, 0.4) is 0 Å². The summed E-state index contributed by atoms with van der Waals surface area (Å²) in [5.74, 6) is -0.0393. The summed E-state index contributed by atoms with van der Waals surface area (Å²) in [5, 5.41) is 9.75. The molecule has 3 N–H and O–H groups in total. The maximum absolute atomic E-state index is 13.7. The summed E-state index contributed by atoms with van der Waals surface area (Å²) < 4.78 is 8.82. The topological polar surface area (TPSA) is 135 Å². The second-order valence-corrected chi connectivity index (χ2v) is 14.6. The van der Waals surface area contributed by atoms with Crippen LogP contribution in [0, 0.1) is 12.3 Å².